The molecule has 0 aliphatic heterocycles. The molecule has 110 valence electrons. The third kappa shape index (κ3) is 6.66. The van der Waals surface area contributed by atoms with Gasteiger partial charge in [-0.2, -0.15) is 0 Å². The van der Waals surface area contributed by atoms with E-state index in [0.29, 0.717) is 25.4 Å². The first-order valence-corrected chi connectivity index (χ1v) is 7.11. The molecule has 6 nitrogen and oxygen atoms in total. The molecule has 0 radical (unpaired) electrons. The van der Waals surface area contributed by atoms with Gasteiger partial charge in [-0.3, -0.25) is 4.68 Å². The van der Waals surface area contributed by atoms with Crippen molar-refractivity contribution < 1.29 is 10.2 Å². The molecular formula is C13H26N4O2. The average Bonchev–Trinajstić information content (AvgIpc) is 2.85. The van der Waals surface area contributed by atoms with Crippen molar-refractivity contribution in [1.29, 1.82) is 0 Å². The maximum atomic E-state index is 8.99. The fourth-order valence-corrected chi connectivity index (χ4v) is 2.11. The Morgan fingerprint density at radius 2 is 2.16 bits per heavy atom. The van der Waals surface area contributed by atoms with Crippen LogP contribution < -0.4 is 5.32 Å². The summed E-state index contributed by atoms with van der Waals surface area (Å²) in [6, 6.07) is 0. The normalized spacial score (nSPS) is 12.8. The van der Waals surface area contributed by atoms with E-state index in [2.05, 4.69) is 22.6 Å². The first kappa shape index (κ1) is 16.1. The number of hydrogen-bond donors (Lipinski definition) is 3. The summed E-state index contributed by atoms with van der Waals surface area (Å²) in [4.78, 5) is 0. The monoisotopic (exact) mass is 270 g/mol. The largest absolute Gasteiger partial charge is 0.396 e. The second-order valence-corrected chi connectivity index (χ2v) is 4.85. The van der Waals surface area contributed by atoms with Gasteiger partial charge in [0, 0.05) is 32.5 Å². The summed E-state index contributed by atoms with van der Waals surface area (Å²) in [6.45, 7) is 4.89. The van der Waals surface area contributed by atoms with Crippen molar-refractivity contribution in [2.75, 3.05) is 19.8 Å². The van der Waals surface area contributed by atoms with E-state index in [-0.39, 0.29) is 13.2 Å². The van der Waals surface area contributed by atoms with Crippen LogP contribution in [0, 0.1) is 5.92 Å². The Hall–Kier alpha value is -0.980. The maximum absolute atomic E-state index is 8.99. The van der Waals surface area contributed by atoms with Gasteiger partial charge in [-0.1, -0.05) is 18.6 Å². The molecule has 1 atom stereocenters. The Balaban J connectivity index is 2.25. The van der Waals surface area contributed by atoms with Gasteiger partial charge in [0.2, 0.25) is 0 Å². The number of nitrogens with one attached hydrogen (secondary N) is 1. The Labute approximate surface area is 114 Å². The first-order chi connectivity index (χ1) is 9.30. The van der Waals surface area contributed by atoms with E-state index < -0.39 is 0 Å². The predicted octanol–water partition coefficient (Wildman–Crippen LogP) is 0.549. The molecule has 0 saturated carbocycles. The Bertz CT molecular complexity index is 324. The molecule has 0 bridgehead atoms. The second kappa shape index (κ2) is 9.89. The van der Waals surface area contributed by atoms with Crippen LogP contribution in [0.25, 0.3) is 0 Å². The molecule has 0 saturated heterocycles. The molecule has 1 aromatic rings. The van der Waals surface area contributed by atoms with Gasteiger partial charge in [0.1, 0.15) is 0 Å². The molecule has 1 heterocycles. The lowest BCUT2D eigenvalue weighted by Gasteiger charge is -2.14. The van der Waals surface area contributed by atoms with Gasteiger partial charge in [0.15, 0.2) is 0 Å². The van der Waals surface area contributed by atoms with Gasteiger partial charge >= 0.3 is 0 Å². The van der Waals surface area contributed by atoms with Gasteiger partial charge in [0.25, 0.3) is 0 Å². The van der Waals surface area contributed by atoms with Crippen LogP contribution in [0.2, 0.25) is 0 Å². The molecular weight excluding hydrogens is 244 g/mol. The Morgan fingerprint density at radius 3 is 2.84 bits per heavy atom. The van der Waals surface area contributed by atoms with Crippen molar-refractivity contribution in [3.63, 3.8) is 0 Å². The van der Waals surface area contributed by atoms with Crippen LogP contribution >= 0.6 is 0 Å². The molecule has 0 fully saturated rings. The third-order valence-electron chi connectivity index (χ3n) is 3.10. The Morgan fingerprint density at radius 1 is 1.32 bits per heavy atom. The number of rotatable bonds is 11. The Kier molecular flexibility index (Phi) is 8.36. The minimum atomic E-state index is 0.174. The third-order valence-corrected chi connectivity index (χ3v) is 3.10. The molecule has 3 N–H and O–H groups in total. The summed E-state index contributed by atoms with van der Waals surface area (Å²) in [5.41, 5.74) is 0.914. The first-order valence-electron chi connectivity index (χ1n) is 7.11. The van der Waals surface area contributed by atoms with Crippen LogP contribution in [-0.2, 0) is 13.1 Å². The summed E-state index contributed by atoms with van der Waals surface area (Å²) in [6.07, 6.45) is 5.74. The SMILES string of the molecule is CCCC(CCO)CNCc1cn(CCCO)nn1. The highest BCUT2D eigenvalue weighted by Gasteiger charge is 2.07. The van der Waals surface area contributed by atoms with Crippen LogP contribution in [0.1, 0.15) is 38.3 Å². The van der Waals surface area contributed by atoms with Crippen LogP contribution in [0.5, 0.6) is 0 Å². The van der Waals surface area contributed by atoms with Gasteiger partial charge < -0.3 is 15.5 Å². The van der Waals surface area contributed by atoms with E-state index in [4.69, 9.17) is 10.2 Å². The zero-order valence-corrected chi connectivity index (χ0v) is 11.8. The standard InChI is InChI=1S/C13H26N4O2/c1-2-4-12(5-8-19)9-14-10-13-11-17(16-15-13)6-3-7-18/h11-12,14,18-19H,2-10H2,1H3. The zero-order chi connectivity index (χ0) is 13.9. The molecule has 19 heavy (non-hydrogen) atoms. The lowest BCUT2D eigenvalue weighted by molar-refractivity contribution is 0.248. The van der Waals surface area contributed by atoms with Crippen LogP contribution in [-0.4, -0.2) is 45.0 Å². The van der Waals surface area contributed by atoms with Gasteiger partial charge in [0.05, 0.1) is 5.69 Å². The highest BCUT2D eigenvalue weighted by Crippen LogP contribution is 2.09. The predicted molar refractivity (Wildman–Crippen MR) is 73.5 cm³/mol. The van der Waals surface area contributed by atoms with E-state index >= 15 is 0 Å². The minimum Gasteiger partial charge on any atom is -0.396 e. The van der Waals surface area contributed by atoms with Crippen LogP contribution in [0.3, 0.4) is 0 Å². The van der Waals surface area contributed by atoms with Crippen molar-refractivity contribution in [3.8, 4) is 0 Å². The van der Waals surface area contributed by atoms with Crippen molar-refractivity contribution in [1.82, 2.24) is 20.3 Å². The van der Waals surface area contributed by atoms with E-state index in [9.17, 15) is 0 Å². The van der Waals surface area contributed by atoms with Crippen molar-refractivity contribution in [3.05, 3.63) is 11.9 Å². The topological polar surface area (TPSA) is 83.2 Å². The van der Waals surface area contributed by atoms with E-state index in [1.165, 1.54) is 0 Å². The summed E-state index contributed by atoms with van der Waals surface area (Å²) >= 11 is 0. The number of nitrogens with zero attached hydrogens (tertiary/aromatic N) is 3. The molecule has 1 unspecified atom stereocenters. The number of aliphatic hydroxyl groups excluding tert-OH is 2. The highest BCUT2D eigenvalue weighted by atomic mass is 16.3. The molecule has 0 aromatic carbocycles. The molecule has 1 aromatic heterocycles. The molecule has 0 aliphatic rings. The van der Waals surface area contributed by atoms with Crippen molar-refractivity contribution in [2.45, 2.75) is 45.7 Å². The number of aliphatic hydroxyl groups is 2. The quantitative estimate of drug-likeness (QED) is 0.547. The number of aryl methyl sites for hydroxylation is 1. The molecule has 0 amide bonds. The van der Waals surface area contributed by atoms with Crippen molar-refractivity contribution >= 4 is 0 Å². The summed E-state index contributed by atoms with van der Waals surface area (Å²) in [7, 11) is 0. The average molecular weight is 270 g/mol. The van der Waals surface area contributed by atoms with Crippen molar-refractivity contribution in [2.24, 2.45) is 5.92 Å². The summed E-state index contributed by atoms with van der Waals surface area (Å²) < 4.78 is 1.75. The second-order valence-electron chi connectivity index (χ2n) is 4.85. The summed E-state index contributed by atoms with van der Waals surface area (Å²) in [5, 5.41) is 29.2. The van der Waals surface area contributed by atoms with Gasteiger partial charge in [-0.05, 0) is 31.7 Å². The van der Waals surface area contributed by atoms with Crippen LogP contribution in [0.15, 0.2) is 6.20 Å². The van der Waals surface area contributed by atoms with Gasteiger partial charge in [-0.15, -0.1) is 5.10 Å². The lowest BCUT2D eigenvalue weighted by Crippen LogP contribution is -2.23. The van der Waals surface area contributed by atoms with E-state index in [1.54, 1.807) is 4.68 Å². The highest BCUT2D eigenvalue weighted by molar-refractivity contribution is 4.91. The zero-order valence-electron chi connectivity index (χ0n) is 11.8. The van der Waals surface area contributed by atoms with E-state index in [1.807, 2.05) is 6.20 Å². The summed E-state index contributed by atoms with van der Waals surface area (Å²) in [5.74, 6) is 0.527. The maximum Gasteiger partial charge on any atom is 0.0964 e. The minimum absolute atomic E-state index is 0.174. The molecule has 6 heteroatoms. The fraction of sp³-hybridized carbons (Fsp3) is 0.846. The van der Waals surface area contributed by atoms with Crippen LogP contribution in [0.4, 0.5) is 0 Å². The molecule has 0 spiro atoms. The fourth-order valence-electron chi connectivity index (χ4n) is 2.11. The van der Waals surface area contributed by atoms with Gasteiger partial charge in [-0.25, -0.2) is 0 Å². The van der Waals surface area contributed by atoms with E-state index in [0.717, 1.165) is 31.5 Å². The smallest absolute Gasteiger partial charge is 0.0964 e. The molecule has 0 aliphatic carbocycles. The molecule has 1 rings (SSSR count). The number of hydrogen-bond acceptors (Lipinski definition) is 5. The number of aromatic nitrogens is 3. The lowest BCUT2D eigenvalue weighted by atomic mass is 10.0.